The van der Waals surface area contributed by atoms with Gasteiger partial charge < -0.3 is 56.0 Å². The van der Waals surface area contributed by atoms with E-state index in [1.54, 1.807) is 24.3 Å². The maximum absolute atomic E-state index is 16.6. The van der Waals surface area contributed by atoms with Crippen LogP contribution in [0.1, 0.15) is 195 Å². The maximum atomic E-state index is 16.6. The van der Waals surface area contributed by atoms with Gasteiger partial charge in [0, 0.05) is 72.5 Å². The van der Waals surface area contributed by atoms with Crippen molar-refractivity contribution < 1.29 is 45.0 Å². The molecule has 13 nitrogen and oxygen atoms in total. The van der Waals surface area contributed by atoms with Crippen LogP contribution < -0.4 is 15.4 Å². The van der Waals surface area contributed by atoms with Crippen LogP contribution >= 0.6 is 0 Å². The number of hydrogen-bond acceptors (Lipinski definition) is 11. The van der Waals surface area contributed by atoms with Crippen molar-refractivity contribution in [2.45, 2.75) is 189 Å². The smallest absolute Gasteiger partial charge is 0.163 e. The van der Waals surface area contributed by atoms with Crippen molar-refractivity contribution in [1.82, 2.24) is 15.3 Å². The Labute approximate surface area is 534 Å². The summed E-state index contributed by atoms with van der Waals surface area (Å²) in [5.41, 5.74) is 9.15. The largest absolute Gasteiger partial charge is 0.507 e. The lowest BCUT2D eigenvalue weighted by Crippen LogP contribution is -2.47. The first-order valence-electron chi connectivity index (χ1n) is 34.3. The number of ketones is 2. The number of aromatic amines is 2. The van der Waals surface area contributed by atoms with Crippen LogP contribution in [0.25, 0.3) is 23.3 Å². The van der Waals surface area contributed by atoms with Gasteiger partial charge in [-0.15, -0.1) is 0 Å². The monoisotopic (exact) mass is 1220 g/mol. The molecule has 4 saturated carbocycles. The van der Waals surface area contributed by atoms with Crippen LogP contribution in [0, 0.1) is 40.4 Å². The number of aliphatic hydroxyl groups excluding tert-OH is 3. The quantitative estimate of drug-likeness (QED) is 0.0558. The average molecular weight is 1230 g/mol. The topological polar surface area (TPSA) is 220 Å². The standard InChI is InChI=1S/C78H88N4O9/c83-36-24-57-67(85)19-16-47-37-61(71(87)68(38-47)91-53-12-2-3-13-53)70(86)59-40-52-39-50-22-34-81-74(50)82-64(60-42-65-56(23-35-80-65)62(69(60)72(57)88)43-77(90)27-20-49-10-7-15-66(84)55(49)21-28-77)18-17-51-44-79-33-8-11-48-9-1-4-14-54(48)58(59)41-63(52)78(73(51)89)32-31-76(46-78)30-29-75(45-76)25-5-6-26-75/h1,4,7,9-10,14-15,21-23,28,34-35,37-38,40-42,51,53,57,62,64,69-70,73,79-84,86-87,89-90H,2-3,5-6,8,11-13,16,19-20,24-27,29-33,36,39,43-46H2/t51-,57-,62-,64+,69-,70-,73-,76-,77-,78-/m0/s1. The fourth-order valence-corrected chi connectivity index (χ4v) is 19.2. The van der Waals surface area contributed by atoms with Gasteiger partial charge in [0.2, 0.25) is 0 Å². The van der Waals surface area contributed by atoms with E-state index in [0.29, 0.717) is 65.8 Å². The highest BCUT2D eigenvalue weighted by Gasteiger charge is 2.60. The molecular weight excluding hydrogens is 1140 g/mol. The second kappa shape index (κ2) is 24.1. The lowest BCUT2D eigenvalue weighted by molar-refractivity contribution is -0.135. The van der Waals surface area contributed by atoms with E-state index in [0.717, 1.165) is 121 Å². The van der Waals surface area contributed by atoms with E-state index in [-0.39, 0.29) is 71.6 Å². The molecule has 3 spiro atoms. The van der Waals surface area contributed by atoms with Crippen molar-refractivity contribution in [3.63, 3.8) is 0 Å². The number of aromatic hydroxyl groups is 2. The van der Waals surface area contributed by atoms with E-state index in [2.05, 4.69) is 74.9 Å². The number of aliphatic hydroxyl groups is 4. The summed E-state index contributed by atoms with van der Waals surface area (Å²) in [6, 6.07) is 25.2. The Morgan fingerprint density at radius 3 is 2.37 bits per heavy atom. The number of H-pyrrole nitrogens is 2. The molecule has 15 rings (SSSR count). The Morgan fingerprint density at radius 2 is 1.52 bits per heavy atom. The molecule has 4 aromatic carbocycles. The first kappa shape index (κ1) is 60.1. The van der Waals surface area contributed by atoms with Gasteiger partial charge in [-0.1, -0.05) is 79.3 Å². The molecule has 10 atom stereocenters. The molecule has 2 aromatic heterocycles. The van der Waals surface area contributed by atoms with Crippen molar-refractivity contribution >= 4 is 29.5 Å². The van der Waals surface area contributed by atoms with Crippen molar-refractivity contribution in [3.05, 3.63) is 164 Å². The third-order valence-corrected chi connectivity index (χ3v) is 23.8. The summed E-state index contributed by atoms with van der Waals surface area (Å²) in [6.07, 6.45) is 24.1. The summed E-state index contributed by atoms with van der Waals surface area (Å²) >= 11 is 0. The van der Waals surface area contributed by atoms with Crippen molar-refractivity contribution in [3.8, 4) is 40.2 Å². The van der Waals surface area contributed by atoms with Crippen LogP contribution in [0.5, 0.6) is 17.2 Å². The molecule has 6 aliphatic carbocycles. The van der Waals surface area contributed by atoms with E-state index in [1.165, 1.54) is 32.1 Å². The molecule has 10 N–H and O–H groups in total. The number of aromatic nitrogens is 2. The number of fused-ring (bicyclic) bond motifs is 13. The number of phenols is 2. The van der Waals surface area contributed by atoms with Crippen LogP contribution in [-0.2, 0) is 40.7 Å². The third kappa shape index (κ3) is 11.0. The molecule has 91 heavy (non-hydrogen) atoms. The minimum Gasteiger partial charge on any atom is -0.507 e. The number of aryl methyl sites for hydroxylation is 3. The van der Waals surface area contributed by atoms with E-state index in [4.69, 9.17) is 4.74 Å². The Balaban J connectivity index is 0.978. The highest BCUT2D eigenvalue weighted by atomic mass is 16.5. The number of rotatable bonds is 6. The predicted molar refractivity (Wildman–Crippen MR) is 353 cm³/mol. The average Bonchev–Trinajstić information content (AvgIpc) is 1.59. The lowest BCUT2D eigenvalue weighted by atomic mass is 9.64. The number of carbonyl (C=O) groups excluding carboxylic acids is 2. The number of nitrogens with one attached hydrogen (secondary N) is 4. The summed E-state index contributed by atoms with van der Waals surface area (Å²) < 4.78 is 6.74. The van der Waals surface area contributed by atoms with E-state index in [1.807, 2.05) is 42.7 Å². The zero-order valence-corrected chi connectivity index (χ0v) is 52.3. The SMILES string of the molecule is O=C1CCc2cc(OC3CCCC3)c(O)c(c2)[C@@H](O)c2cc3c4cc2-c2ccccc2CCCNC[C@H](C#C[C@@H](Nc2[nH]ccc2C3)C2=Cc3[nH]ccc3[C@H](C[C@@]3(O)C=Cc5c(O)cccc5CC3)[C@H]2C(=O)[C@H]1CCO)[C@H](O)[C@]41CC[C@]2(CCC3(CCCC3)C2)C1. The molecule has 8 bridgehead atoms. The summed E-state index contributed by atoms with van der Waals surface area (Å²) in [5.74, 6) is 4.06. The fraction of sp³-hybridized carbons (Fsp3) is 0.487. The van der Waals surface area contributed by atoms with Crippen LogP contribution in [0.4, 0.5) is 5.82 Å². The summed E-state index contributed by atoms with van der Waals surface area (Å²) in [5, 5.41) is 83.6. The fourth-order valence-electron chi connectivity index (χ4n) is 19.2. The molecule has 6 aromatic rings. The second-order valence-electron chi connectivity index (χ2n) is 29.2. The van der Waals surface area contributed by atoms with Gasteiger partial charge in [-0.05, 0) is 243 Å². The van der Waals surface area contributed by atoms with E-state index >= 15 is 9.59 Å². The number of anilines is 1. The van der Waals surface area contributed by atoms with Gasteiger partial charge in [-0.3, -0.25) is 9.59 Å². The van der Waals surface area contributed by atoms with Gasteiger partial charge in [0.1, 0.15) is 29.5 Å². The zero-order valence-electron chi connectivity index (χ0n) is 52.3. The number of Topliss-reactive ketones (excluding diaryl/α,β-unsaturated/α-hetero) is 2. The zero-order chi connectivity index (χ0) is 62.2. The Bertz CT molecular complexity index is 3920. The minimum absolute atomic E-state index is 0.00158. The van der Waals surface area contributed by atoms with E-state index < -0.39 is 59.5 Å². The molecular formula is C78H88N4O9. The van der Waals surface area contributed by atoms with Crippen molar-refractivity contribution in [1.29, 1.82) is 0 Å². The Morgan fingerprint density at radius 1 is 0.703 bits per heavy atom. The highest BCUT2D eigenvalue weighted by molar-refractivity contribution is 6.05. The van der Waals surface area contributed by atoms with Gasteiger partial charge in [0.15, 0.2) is 17.3 Å². The maximum Gasteiger partial charge on any atom is 0.163 e. The number of carbonyl (C=O) groups is 2. The first-order valence-corrected chi connectivity index (χ1v) is 34.3. The summed E-state index contributed by atoms with van der Waals surface area (Å²) in [4.78, 5) is 39.1. The number of phenolic OH excluding ortho intramolecular Hbond substituents is 2. The van der Waals surface area contributed by atoms with Crippen LogP contribution in [0.15, 0.2) is 103 Å². The molecule has 3 aliphatic heterocycles. The molecule has 474 valence electrons. The molecule has 5 heterocycles. The number of ether oxygens (including phenoxy) is 1. The molecule has 0 saturated heterocycles. The molecule has 0 amide bonds. The van der Waals surface area contributed by atoms with Crippen LogP contribution in [0.3, 0.4) is 0 Å². The van der Waals surface area contributed by atoms with Crippen molar-refractivity contribution in [2.24, 2.45) is 28.6 Å². The van der Waals surface area contributed by atoms with Gasteiger partial charge in [0.25, 0.3) is 0 Å². The van der Waals surface area contributed by atoms with Crippen LogP contribution in [-0.4, -0.2) is 95.7 Å². The summed E-state index contributed by atoms with van der Waals surface area (Å²) in [6.45, 7) is 0.605. The number of hydrogen-bond donors (Lipinski definition) is 10. The number of benzene rings is 4. The van der Waals surface area contributed by atoms with Gasteiger partial charge in [-0.25, -0.2) is 0 Å². The third-order valence-electron chi connectivity index (χ3n) is 23.8. The summed E-state index contributed by atoms with van der Waals surface area (Å²) in [7, 11) is 0. The van der Waals surface area contributed by atoms with Gasteiger partial charge >= 0.3 is 0 Å². The predicted octanol–water partition coefficient (Wildman–Crippen LogP) is 12.5. The molecule has 0 unspecified atom stereocenters. The molecule has 4 fully saturated rings. The normalized spacial score (nSPS) is 30.2. The van der Waals surface area contributed by atoms with Crippen molar-refractivity contribution in [2.75, 3.05) is 25.0 Å². The highest BCUT2D eigenvalue weighted by Crippen LogP contribution is 2.68. The lowest BCUT2D eigenvalue weighted by Gasteiger charge is -2.42. The minimum atomic E-state index is -1.48. The molecule has 13 heteroatoms. The molecule has 0 radical (unpaired) electrons. The molecule has 9 aliphatic rings. The van der Waals surface area contributed by atoms with Gasteiger partial charge in [0.05, 0.1) is 29.6 Å². The first-order chi connectivity index (χ1) is 44.2. The Kier molecular flexibility index (Phi) is 15.9. The van der Waals surface area contributed by atoms with Crippen LogP contribution in [0.2, 0.25) is 0 Å². The van der Waals surface area contributed by atoms with Gasteiger partial charge in [-0.2, -0.15) is 0 Å². The van der Waals surface area contributed by atoms with E-state index in [9.17, 15) is 30.6 Å². The Hall–Kier alpha value is -7.18. The second-order valence-corrected chi connectivity index (χ2v) is 29.2.